The van der Waals surface area contributed by atoms with Crippen molar-refractivity contribution in [2.75, 3.05) is 26.2 Å². The molecule has 0 bridgehead atoms. The second-order valence-electron chi connectivity index (χ2n) is 5.65. The summed E-state index contributed by atoms with van der Waals surface area (Å²) in [6, 6.07) is 2.48. The van der Waals surface area contributed by atoms with Gasteiger partial charge in [0.2, 0.25) is 5.89 Å². The Morgan fingerprint density at radius 2 is 2.22 bits per heavy atom. The Morgan fingerprint density at radius 3 is 2.83 bits per heavy atom. The van der Waals surface area contributed by atoms with Crippen molar-refractivity contribution < 1.29 is 9.32 Å². The lowest BCUT2D eigenvalue weighted by molar-refractivity contribution is 0.113. The first-order valence-electron chi connectivity index (χ1n) is 7.71. The smallest absolute Gasteiger partial charge is 0.317 e. The van der Waals surface area contributed by atoms with Gasteiger partial charge in [-0.15, -0.1) is 0 Å². The lowest BCUT2D eigenvalue weighted by Crippen LogP contribution is -2.52. The zero-order chi connectivity index (χ0) is 16.2. The van der Waals surface area contributed by atoms with E-state index in [4.69, 9.17) is 4.52 Å². The number of carbonyl (C=O) groups is 1. The number of nitrogens with one attached hydrogen (secondary N) is 1. The highest BCUT2D eigenvalue weighted by atomic mass is 32.1. The molecule has 7 nitrogen and oxygen atoms in total. The zero-order valence-electron chi connectivity index (χ0n) is 13.4. The van der Waals surface area contributed by atoms with Gasteiger partial charge < -0.3 is 14.7 Å². The van der Waals surface area contributed by atoms with Crippen molar-refractivity contribution in [2.24, 2.45) is 0 Å². The van der Waals surface area contributed by atoms with Crippen LogP contribution in [0.4, 0.5) is 4.79 Å². The van der Waals surface area contributed by atoms with Crippen LogP contribution in [0.25, 0.3) is 0 Å². The Bertz CT molecular complexity index is 634. The van der Waals surface area contributed by atoms with Gasteiger partial charge in [0.25, 0.3) is 0 Å². The predicted molar refractivity (Wildman–Crippen MR) is 87.2 cm³/mol. The third kappa shape index (κ3) is 3.89. The molecule has 23 heavy (non-hydrogen) atoms. The van der Waals surface area contributed by atoms with E-state index in [0.29, 0.717) is 17.8 Å². The van der Waals surface area contributed by atoms with E-state index in [9.17, 15) is 4.79 Å². The molecule has 3 heterocycles. The third-order valence-corrected chi connectivity index (χ3v) is 4.84. The average Bonchev–Trinajstić information content (AvgIpc) is 3.24. The van der Waals surface area contributed by atoms with Crippen LogP contribution in [-0.4, -0.2) is 52.2 Å². The molecule has 8 heteroatoms. The summed E-state index contributed by atoms with van der Waals surface area (Å²) >= 11 is 1.72. The first kappa shape index (κ1) is 15.9. The minimum atomic E-state index is -0.0799. The average molecular weight is 335 g/mol. The Balaban J connectivity index is 1.45. The molecule has 124 valence electrons. The van der Waals surface area contributed by atoms with Gasteiger partial charge in [-0.1, -0.05) is 5.16 Å². The van der Waals surface area contributed by atoms with Gasteiger partial charge in [-0.2, -0.15) is 16.3 Å². The fraction of sp³-hybridized carbons (Fsp3) is 0.533. The molecule has 2 amide bonds. The molecule has 3 rings (SSSR count). The van der Waals surface area contributed by atoms with Gasteiger partial charge in [0.05, 0.1) is 6.54 Å². The Labute approximate surface area is 139 Å². The van der Waals surface area contributed by atoms with Gasteiger partial charge in [0.1, 0.15) is 0 Å². The van der Waals surface area contributed by atoms with Crippen LogP contribution in [0, 0.1) is 6.92 Å². The van der Waals surface area contributed by atoms with Crippen molar-refractivity contribution >= 4 is 17.4 Å². The molecule has 2 aromatic heterocycles. The van der Waals surface area contributed by atoms with Gasteiger partial charge in [0, 0.05) is 32.2 Å². The monoisotopic (exact) mass is 335 g/mol. The van der Waals surface area contributed by atoms with Crippen LogP contribution < -0.4 is 5.32 Å². The summed E-state index contributed by atoms with van der Waals surface area (Å²) in [5.74, 6) is 1.01. The van der Waals surface area contributed by atoms with Gasteiger partial charge in [-0.3, -0.25) is 4.90 Å². The van der Waals surface area contributed by atoms with Crippen LogP contribution in [-0.2, 0) is 6.54 Å². The van der Waals surface area contributed by atoms with Crippen molar-refractivity contribution in [1.29, 1.82) is 0 Å². The molecule has 1 aliphatic rings. The highest BCUT2D eigenvalue weighted by Crippen LogP contribution is 2.23. The molecule has 1 N–H and O–H groups in total. The van der Waals surface area contributed by atoms with E-state index in [0.717, 1.165) is 26.2 Å². The highest BCUT2D eigenvalue weighted by molar-refractivity contribution is 7.07. The van der Waals surface area contributed by atoms with Crippen LogP contribution in [0.15, 0.2) is 21.3 Å². The summed E-state index contributed by atoms with van der Waals surface area (Å²) in [6.45, 7) is 7.45. The molecular weight excluding hydrogens is 314 g/mol. The van der Waals surface area contributed by atoms with Crippen LogP contribution in [0.1, 0.15) is 30.2 Å². The lowest BCUT2D eigenvalue weighted by Gasteiger charge is -2.37. The molecule has 0 spiro atoms. The number of thiophene rings is 1. The van der Waals surface area contributed by atoms with E-state index in [1.54, 1.807) is 18.3 Å². The molecule has 1 fully saturated rings. The minimum Gasteiger partial charge on any atom is -0.337 e. The van der Waals surface area contributed by atoms with Gasteiger partial charge in [-0.05, 0) is 36.2 Å². The third-order valence-electron chi connectivity index (χ3n) is 4.14. The number of amides is 2. The second-order valence-corrected chi connectivity index (χ2v) is 6.43. The number of piperazine rings is 1. The maximum Gasteiger partial charge on any atom is 0.317 e. The van der Waals surface area contributed by atoms with Crippen LogP contribution in [0.5, 0.6) is 0 Å². The Hall–Kier alpha value is -1.93. The summed E-state index contributed by atoms with van der Waals surface area (Å²) in [5, 5.41) is 10.8. The first-order valence-corrected chi connectivity index (χ1v) is 8.66. The number of nitrogens with zero attached hydrogens (tertiary/aromatic N) is 4. The number of hydrogen-bond donors (Lipinski definition) is 1. The van der Waals surface area contributed by atoms with Crippen molar-refractivity contribution in [3.8, 4) is 0 Å². The molecule has 0 radical (unpaired) electrons. The van der Waals surface area contributed by atoms with Crippen LogP contribution in [0.3, 0.4) is 0 Å². The summed E-state index contributed by atoms with van der Waals surface area (Å²) in [4.78, 5) is 20.5. The lowest BCUT2D eigenvalue weighted by atomic mass is 10.1. The molecule has 1 aliphatic heterocycles. The molecular formula is C15H21N5O2S. The summed E-state index contributed by atoms with van der Waals surface area (Å²) in [6.07, 6.45) is 0. The normalized spacial score (nSPS) is 17.2. The Morgan fingerprint density at radius 1 is 1.43 bits per heavy atom. The number of hydrogen-bond acceptors (Lipinski definition) is 6. The molecule has 0 aromatic carbocycles. The maximum atomic E-state index is 12.2. The fourth-order valence-electron chi connectivity index (χ4n) is 2.71. The van der Waals surface area contributed by atoms with E-state index >= 15 is 0 Å². The van der Waals surface area contributed by atoms with E-state index in [1.807, 2.05) is 4.90 Å². The van der Waals surface area contributed by atoms with Crippen LogP contribution in [0.2, 0.25) is 0 Å². The summed E-state index contributed by atoms with van der Waals surface area (Å²) in [7, 11) is 0. The molecule has 2 aromatic rings. The van der Waals surface area contributed by atoms with Crippen molar-refractivity contribution in [3.63, 3.8) is 0 Å². The predicted octanol–water partition coefficient (Wildman–Crippen LogP) is 2.03. The summed E-state index contributed by atoms with van der Waals surface area (Å²) < 4.78 is 4.99. The second kappa shape index (κ2) is 7.10. The van der Waals surface area contributed by atoms with Crippen LogP contribution >= 0.6 is 11.3 Å². The Kier molecular flexibility index (Phi) is 4.92. The highest BCUT2D eigenvalue weighted by Gasteiger charge is 2.25. The zero-order valence-corrected chi connectivity index (χ0v) is 14.2. The number of carbonyl (C=O) groups excluding carboxylic acids is 1. The topological polar surface area (TPSA) is 74.5 Å². The van der Waals surface area contributed by atoms with E-state index in [2.05, 4.69) is 44.1 Å². The van der Waals surface area contributed by atoms with Gasteiger partial charge in [0.15, 0.2) is 5.82 Å². The van der Waals surface area contributed by atoms with E-state index < -0.39 is 0 Å². The molecule has 0 aliphatic carbocycles. The fourth-order valence-corrected chi connectivity index (χ4v) is 3.46. The molecule has 1 atom stereocenters. The SMILES string of the molecule is Cc1noc(CNC(=O)N2CCN(C(C)c3ccsc3)CC2)n1. The van der Waals surface area contributed by atoms with E-state index in [-0.39, 0.29) is 12.6 Å². The van der Waals surface area contributed by atoms with Crippen molar-refractivity contribution in [2.45, 2.75) is 26.4 Å². The quantitative estimate of drug-likeness (QED) is 0.925. The van der Waals surface area contributed by atoms with Gasteiger partial charge in [-0.25, -0.2) is 4.79 Å². The van der Waals surface area contributed by atoms with E-state index in [1.165, 1.54) is 5.56 Å². The molecule has 1 unspecified atom stereocenters. The van der Waals surface area contributed by atoms with Crippen molar-refractivity contribution in [3.05, 3.63) is 34.1 Å². The minimum absolute atomic E-state index is 0.0799. The number of urea groups is 1. The summed E-state index contributed by atoms with van der Waals surface area (Å²) in [5.41, 5.74) is 1.35. The standard InChI is InChI=1S/C15H21N5O2S/c1-11(13-3-8-23-10-13)19-4-6-20(7-5-19)15(21)16-9-14-17-12(2)18-22-14/h3,8,10-11H,4-7,9H2,1-2H3,(H,16,21). The molecule has 0 saturated carbocycles. The van der Waals surface area contributed by atoms with Gasteiger partial charge >= 0.3 is 6.03 Å². The number of aryl methyl sites for hydroxylation is 1. The first-order chi connectivity index (χ1) is 11.1. The molecule has 1 saturated heterocycles. The van der Waals surface area contributed by atoms with Crippen molar-refractivity contribution in [1.82, 2.24) is 25.3 Å². The maximum absolute atomic E-state index is 12.2. The largest absolute Gasteiger partial charge is 0.337 e. The number of aromatic nitrogens is 2. The number of rotatable bonds is 4.